The largest absolute Gasteiger partial charge is 0.503 e. The van der Waals surface area contributed by atoms with Gasteiger partial charge in [-0.3, -0.25) is 0 Å². The van der Waals surface area contributed by atoms with Gasteiger partial charge in [-0.05, 0) is 28.8 Å². The molecule has 3 aromatic rings. The van der Waals surface area contributed by atoms with Crippen molar-refractivity contribution >= 4 is 6.16 Å². The molecule has 0 aromatic heterocycles. The van der Waals surface area contributed by atoms with Gasteiger partial charge in [0.15, 0.2) is 0 Å². The molecule has 3 rings (SSSR count). The minimum atomic E-state index is -1.83. The standard InChI is InChI=1S/C19H16O.CH2O3/c1-3-7-16(8-4-1)15-20-19-13-11-18(12-14-19)17-9-5-2-6-10-17;2-1(3)4/h1-14H,15H2;(H2,2,3,4). The molecule has 0 bridgehead atoms. The second-order valence-electron chi connectivity index (χ2n) is 4.95. The molecule has 0 saturated heterocycles. The number of carboxylic acid groups (broad SMARTS) is 2. The van der Waals surface area contributed by atoms with E-state index in [4.69, 9.17) is 19.7 Å². The Morgan fingerprint density at radius 3 is 1.71 bits per heavy atom. The molecular weight excluding hydrogens is 304 g/mol. The van der Waals surface area contributed by atoms with Crippen molar-refractivity contribution in [3.63, 3.8) is 0 Å². The van der Waals surface area contributed by atoms with Crippen LogP contribution >= 0.6 is 0 Å². The van der Waals surface area contributed by atoms with Gasteiger partial charge in [0.2, 0.25) is 0 Å². The molecule has 0 unspecified atom stereocenters. The molecular formula is C20H18O4. The first-order chi connectivity index (χ1) is 11.6. The molecule has 3 aromatic carbocycles. The minimum Gasteiger partial charge on any atom is -0.489 e. The quantitative estimate of drug-likeness (QED) is 0.696. The van der Waals surface area contributed by atoms with Gasteiger partial charge in [-0.15, -0.1) is 0 Å². The van der Waals surface area contributed by atoms with Gasteiger partial charge in [0.25, 0.3) is 0 Å². The smallest absolute Gasteiger partial charge is 0.489 e. The van der Waals surface area contributed by atoms with Gasteiger partial charge in [-0.25, -0.2) is 4.79 Å². The Hall–Kier alpha value is -3.27. The number of rotatable bonds is 4. The summed E-state index contributed by atoms with van der Waals surface area (Å²) >= 11 is 0. The Kier molecular flexibility index (Phi) is 6.41. The van der Waals surface area contributed by atoms with Crippen molar-refractivity contribution in [2.75, 3.05) is 0 Å². The molecule has 0 aliphatic rings. The summed E-state index contributed by atoms with van der Waals surface area (Å²) in [6.07, 6.45) is -1.83. The number of hydrogen-bond acceptors (Lipinski definition) is 2. The predicted octanol–water partition coefficient (Wildman–Crippen LogP) is 5.16. The zero-order valence-electron chi connectivity index (χ0n) is 13.0. The van der Waals surface area contributed by atoms with Crippen molar-refractivity contribution in [2.24, 2.45) is 0 Å². The van der Waals surface area contributed by atoms with Gasteiger partial charge in [-0.2, -0.15) is 0 Å². The Morgan fingerprint density at radius 1 is 0.708 bits per heavy atom. The zero-order chi connectivity index (χ0) is 17.2. The monoisotopic (exact) mass is 322 g/mol. The molecule has 24 heavy (non-hydrogen) atoms. The van der Waals surface area contributed by atoms with Crippen LogP contribution in [0.5, 0.6) is 5.75 Å². The lowest BCUT2D eigenvalue weighted by Crippen LogP contribution is -1.94. The van der Waals surface area contributed by atoms with Gasteiger partial charge in [-0.1, -0.05) is 72.8 Å². The average Bonchev–Trinajstić information content (AvgIpc) is 2.62. The van der Waals surface area contributed by atoms with E-state index in [1.54, 1.807) is 0 Å². The van der Waals surface area contributed by atoms with Crippen LogP contribution in [0.2, 0.25) is 0 Å². The number of carbonyl (C=O) groups is 1. The first-order valence-electron chi connectivity index (χ1n) is 7.39. The van der Waals surface area contributed by atoms with Crippen molar-refractivity contribution in [3.8, 4) is 16.9 Å². The van der Waals surface area contributed by atoms with E-state index < -0.39 is 6.16 Å². The SMILES string of the molecule is O=C(O)O.c1ccc(COc2ccc(-c3ccccc3)cc2)cc1. The van der Waals surface area contributed by atoms with Crippen LogP contribution in [-0.2, 0) is 6.61 Å². The Morgan fingerprint density at radius 2 is 1.17 bits per heavy atom. The molecule has 0 aliphatic heterocycles. The van der Waals surface area contributed by atoms with Gasteiger partial charge in [0.05, 0.1) is 0 Å². The highest BCUT2D eigenvalue weighted by Gasteiger charge is 1.98. The summed E-state index contributed by atoms with van der Waals surface area (Å²) in [5.74, 6) is 0.897. The van der Waals surface area contributed by atoms with Crippen LogP contribution in [0.1, 0.15) is 5.56 Å². The van der Waals surface area contributed by atoms with Crippen LogP contribution in [0.25, 0.3) is 11.1 Å². The molecule has 0 aliphatic carbocycles. The van der Waals surface area contributed by atoms with Crippen molar-refractivity contribution in [3.05, 3.63) is 90.5 Å². The molecule has 4 heteroatoms. The molecule has 0 heterocycles. The molecule has 122 valence electrons. The van der Waals surface area contributed by atoms with E-state index in [2.05, 4.69) is 48.5 Å². The third kappa shape index (κ3) is 5.85. The summed E-state index contributed by atoms with van der Waals surface area (Å²) in [7, 11) is 0. The third-order valence-electron chi connectivity index (χ3n) is 3.21. The first kappa shape index (κ1) is 17.1. The highest BCUT2D eigenvalue weighted by molar-refractivity contribution is 5.63. The molecule has 4 nitrogen and oxygen atoms in total. The first-order valence-corrected chi connectivity index (χ1v) is 7.39. The van der Waals surface area contributed by atoms with E-state index in [0.29, 0.717) is 6.61 Å². The maximum absolute atomic E-state index is 8.56. The molecule has 2 N–H and O–H groups in total. The highest BCUT2D eigenvalue weighted by atomic mass is 16.6. The average molecular weight is 322 g/mol. The van der Waals surface area contributed by atoms with Crippen LogP contribution in [0, 0.1) is 0 Å². The summed E-state index contributed by atoms with van der Waals surface area (Å²) < 4.78 is 5.78. The van der Waals surface area contributed by atoms with E-state index in [-0.39, 0.29) is 0 Å². The van der Waals surface area contributed by atoms with Crippen LogP contribution in [0.4, 0.5) is 4.79 Å². The Labute approximate surface area is 140 Å². The van der Waals surface area contributed by atoms with Gasteiger partial charge in [0, 0.05) is 0 Å². The maximum atomic E-state index is 8.56. The van der Waals surface area contributed by atoms with Gasteiger partial charge < -0.3 is 14.9 Å². The van der Waals surface area contributed by atoms with Crippen molar-refractivity contribution in [1.29, 1.82) is 0 Å². The Balaban J connectivity index is 0.000000471. The van der Waals surface area contributed by atoms with Crippen LogP contribution < -0.4 is 4.74 Å². The maximum Gasteiger partial charge on any atom is 0.503 e. The second kappa shape index (κ2) is 9.00. The minimum absolute atomic E-state index is 0.603. The lowest BCUT2D eigenvalue weighted by molar-refractivity contribution is 0.137. The lowest BCUT2D eigenvalue weighted by atomic mass is 10.1. The molecule has 0 saturated carbocycles. The number of hydrogen-bond donors (Lipinski definition) is 2. The summed E-state index contributed by atoms with van der Waals surface area (Å²) in [6.45, 7) is 0.603. The topological polar surface area (TPSA) is 66.8 Å². The fraction of sp³-hybridized carbons (Fsp3) is 0.0500. The van der Waals surface area contributed by atoms with Crippen LogP contribution in [0.3, 0.4) is 0 Å². The lowest BCUT2D eigenvalue weighted by Gasteiger charge is -2.07. The zero-order valence-corrected chi connectivity index (χ0v) is 13.0. The Bertz CT molecular complexity index is 734. The van der Waals surface area contributed by atoms with Crippen LogP contribution in [-0.4, -0.2) is 16.4 Å². The van der Waals surface area contributed by atoms with Crippen molar-refractivity contribution in [2.45, 2.75) is 6.61 Å². The molecule has 0 atom stereocenters. The molecule has 0 amide bonds. The van der Waals surface area contributed by atoms with E-state index in [9.17, 15) is 0 Å². The van der Waals surface area contributed by atoms with E-state index in [1.165, 1.54) is 16.7 Å². The summed E-state index contributed by atoms with van der Waals surface area (Å²) in [5.41, 5.74) is 3.61. The normalized spacial score (nSPS) is 9.50. The van der Waals surface area contributed by atoms with Crippen LogP contribution in [0.15, 0.2) is 84.9 Å². The van der Waals surface area contributed by atoms with E-state index in [1.807, 2.05) is 36.4 Å². The fourth-order valence-corrected chi connectivity index (χ4v) is 2.12. The predicted molar refractivity (Wildman–Crippen MR) is 93.3 cm³/mol. The summed E-state index contributed by atoms with van der Waals surface area (Å²) in [5, 5.41) is 13.9. The number of benzene rings is 3. The summed E-state index contributed by atoms with van der Waals surface area (Å²) in [6, 6.07) is 28.8. The molecule has 0 radical (unpaired) electrons. The van der Waals surface area contributed by atoms with Gasteiger partial charge >= 0.3 is 6.16 Å². The summed E-state index contributed by atoms with van der Waals surface area (Å²) in [4.78, 5) is 8.56. The second-order valence-corrected chi connectivity index (χ2v) is 4.95. The molecule has 0 spiro atoms. The van der Waals surface area contributed by atoms with Crippen molar-refractivity contribution < 1.29 is 19.7 Å². The van der Waals surface area contributed by atoms with Gasteiger partial charge in [0.1, 0.15) is 12.4 Å². The number of ether oxygens (including phenoxy) is 1. The van der Waals surface area contributed by atoms with Crippen molar-refractivity contribution in [1.82, 2.24) is 0 Å². The fourth-order valence-electron chi connectivity index (χ4n) is 2.12. The third-order valence-corrected chi connectivity index (χ3v) is 3.21. The molecule has 0 fully saturated rings. The van der Waals surface area contributed by atoms with E-state index >= 15 is 0 Å². The highest BCUT2D eigenvalue weighted by Crippen LogP contribution is 2.22. The van der Waals surface area contributed by atoms with E-state index in [0.717, 1.165) is 5.75 Å².